The van der Waals surface area contributed by atoms with Crippen LogP contribution in [-0.4, -0.2) is 39.8 Å². The number of rotatable bonds is 8. The van der Waals surface area contributed by atoms with Gasteiger partial charge in [0.25, 0.3) is 11.6 Å². The predicted molar refractivity (Wildman–Crippen MR) is 117 cm³/mol. The van der Waals surface area contributed by atoms with Gasteiger partial charge >= 0.3 is 0 Å². The third-order valence-corrected chi connectivity index (χ3v) is 4.74. The number of nitrogens with one attached hydrogen (secondary N) is 1. The minimum atomic E-state index is -0.584. The molecule has 0 bridgehead atoms. The van der Waals surface area contributed by atoms with Crippen LogP contribution in [0.4, 0.5) is 11.6 Å². The van der Waals surface area contributed by atoms with Gasteiger partial charge in [-0.1, -0.05) is 12.1 Å². The summed E-state index contributed by atoms with van der Waals surface area (Å²) in [5.41, 5.74) is 0.728. The average Bonchev–Trinajstić information content (AvgIpc) is 3.52. The van der Waals surface area contributed by atoms with Crippen LogP contribution >= 0.6 is 0 Å². The summed E-state index contributed by atoms with van der Waals surface area (Å²) in [5, 5.41) is 18.5. The highest BCUT2D eigenvalue weighted by atomic mass is 16.6. The Morgan fingerprint density at radius 3 is 2.64 bits per heavy atom. The van der Waals surface area contributed by atoms with Crippen LogP contribution in [0.2, 0.25) is 0 Å². The lowest BCUT2D eigenvalue weighted by molar-refractivity contribution is -0.384. The summed E-state index contributed by atoms with van der Waals surface area (Å²) in [4.78, 5) is 28.1. The Bertz CT molecular complexity index is 1300. The summed E-state index contributed by atoms with van der Waals surface area (Å²) in [6.07, 6.45) is 1.47. The van der Waals surface area contributed by atoms with Gasteiger partial charge in [-0.2, -0.15) is 9.67 Å². The first kappa shape index (κ1) is 21.6. The van der Waals surface area contributed by atoms with Crippen LogP contribution in [0.5, 0.6) is 11.5 Å². The van der Waals surface area contributed by atoms with E-state index in [9.17, 15) is 14.9 Å². The molecule has 0 atom stereocenters. The second kappa shape index (κ2) is 9.22. The molecular formula is C22H19N5O6. The summed E-state index contributed by atoms with van der Waals surface area (Å²) < 4.78 is 17.0. The van der Waals surface area contributed by atoms with E-state index in [1.54, 1.807) is 38.5 Å². The number of carbonyl (C=O) groups excluding carboxylic acids is 1. The summed E-state index contributed by atoms with van der Waals surface area (Å²) in [6, 6.07) is 14.1. The molecule has 0 aliphatic heterocycles. The Balaban J connectivity index is 1.66. The van der Waals surface area contributed by atoms with Gasteiger partial charge in [0, 0.05) is 24.2 Å². The molecular weight excluding hydrogens is 430 g/mol. The monoisotopic (exact) mass is 449 g/mol. The Hall–Kier alpha value is -4.67. The molecule has 4 aromatic rings. The third-order valence-electron chi connectivity index (χ3n) is 4.74. The second-order valence-corrected chi connectivity index (χ2v) is 6.80. The van der Waals surface area contributed by atoms with Gasteiger partial charge in [0.1, 0.15) is 0 Å². The van der Waals surface area contributed by atoms with Crippen molar-refractivity contribution in [1.82, 2.24) is 14.8 Å². The first-order valence-electron chi connectivity index (χ1n) is 9.75. The molecule has 11 nitrogen and oxygen atoms in total. The van der Waals surface area contributed by atoms with Crippen LogP contribution in [0.15, 0.2) is 65.3 Å². The van der Waals surface area contributed by atoms with Gasteiger partial charge in [-0.3, -0.25) is 14.9 Å². The maximum absolute atomic E-state index is 13.2. The zero-order chi connectivity index (χ0) is 23.4. The first-order valence-corrected chi connectivity index (χ1v) is 9.75. The number of carbonyl (C=O) groups is 1. The number of non-ortho nitro benzene ring substituents is 1. The van der Waals surface area contributed by atoms with Gasteiger partial charge in [0.15, 0.2) is 17.3 Å². The molecule has 2 aromatic heterocycles. The van der Waals surface area contributed by atoms with E-state index in [0.29, 0.717) is 23.8 Å². The lowest BCUT2D eigenvalue weighted by Gasteiger charge is -2.11. The fourth-order valence-corrected chi connectivity index (χ4v) is 3.12. The van der Waals surface area contributed by atoms with Gasteiger partial charge in [-0.25, -0.2) is 0 Å². The molecule has 0 aliphatic rings. The number of anilines is 1. The smallest absolute Gasteiger partial charge is 0.281 e. The van der Waals surface area contributed by atoms with Gasteiger partial charge < -0.3 is 19.2 Å². The van der Waals surface area contributed by atoms with Gasteiger partial charge in [0.2, 0.25) is 11.8 Å². The third kappa shape index (κ3) is 4.51. The fourth-order valence-electron chi connectivity index (χ4n) is 3.12. The van der Waals surface area contributed by atoms with Crippen molar-refractivity contribution in [1.29, 1.82) is 0 Å². The molecule has 2 aromatic carbocycles. The molecule has 0 spiro atoms. The van der Waals surface area contributed by atoms with Crippen LogP contribution in [0.3, 0.4) is 0 Å². The molecule has 0 saturated carbocycles. The highest BCUT2D eigenvalue weighted by Gasteiger charge is 2.21. The Labute approximate surface area is 187 Å². The van der Waals surface area contributed by atoms with Gasteiger partial charge in [-0.15, -0.1) is 5.10 Å². The lowest BCUT2D eigenvalue weighted by atomic mass is 10.2. The molecule has 4 rings (SSSR count). The van der Waals surface area contributed by atoms with Crippen LogP contribution < -0.4 is 14.8 Å². The zero-order valence-corrected chi connectivity index (χ0v) is 17.7. The Morgan fingerprint density at radius 2 is 1.94 bits per heavy atom. The summed E-state index contributed by atoms with van der Waals surface area (Å²) in [6.45, 7) is 0.291. The fraction of sp³-hybridized carbons (Fsp3) is 0.136. The molecule has 2 heterocycles. The van der Waals surface area contributed by atoms with Crippen molar-refractivity contribution in [3.8, 4) is 23.1 Å². The number of methoxy groups -OCH3 is 2. The Morgan fingerprint density at radius 1 is 1.12 bits per heavy atom. The van der Waals surface area contributed by atoms with Crippen LogP contribution in [0, 0.1) is 10.1 Å². The maximum Gasteiger partial charge on any atom is 0.281 e. The zero-order valence-electron chi connectivity index (χ0n) is 17.7. The Kier molecular flexibility index (Phi) is 6.02. The van der Waals surface area contributed by atoms with Gasteiger partial charge in [-0.05, 0) is 35.9 Å². The van der Waals surface area contributed by atoms with E-state index in [0.717, 1.165) is 10.2 Å². The quantitative estimate of drug-likeness (QED) is 0.315. The number of nitrogens with zero attached hydrogens (tertiary/aromatic N) is 4. The number of benzene rings is 2. The summed E-state index contributed by atoms with van der Waals surface area (Å²) in [5.74, 6) is 1.27. The number of nitro groups is 1. The SMILES string of the molecule is COc1ccc(CNc2nc(-c3ccco3)nn2C(=O)c2cccc([N+](=O)[O-])c2)cc1OC. The molecule has 168 valence electrons. The van der Waals surface area contributed by atoms with Crippen molar-refractivity contribution in [3.05, 3.63) is 82.1 Å². The molecule has 33 heavy (non-hydrogen) atoms. The number of furan rings is 1. The van der Waals surface area contributed by atoms with Crippen molar-refractivity contribution in [2.75, 3.05) is 19.5 Å². The van der Waals surface area contributed by atoms with Crippen LogP contribution in [0.1, 0.15) is 15.9 Å². The molecule has 1 N–H and O–H groups in total. The van der Waals surface area contributed by atoms with E-state index in [1.165, 1.54) is 30.5 Å². The maximum atomic E-state index is 13.2. The van der Waals surface area contributed by atoms with Crippen molar-refractivity contribution >= 4 is 17.5 Å². The molecule has 0 amide bonds. The number of hydrogen-bond acceptors (Lipinski definition) is 9. The molecule has 0 radical (unpaired) electrons. The number of nitro benzene ring substituents is 1. The largest absolute Gasteiger partial charge is 0.493 e. The first-order chi connectivity index (χ1) is 16.0. The number of aromatic nitrogens is 3. The molecule has 0 aliphatic carbocycles. The van der Waals surface area contributed by atoms with E-state index >= 15 is 0 Å². The normalized spacial score (nSPS) is 10.6. The van der Waals surface area contributed by atoms with E-state index in [-0.39, 0.29) is 23.0 Å². The van der Waals surface area contributed by atoms with Crippen molar-refractivity contribution in [2.45, 2.75) is 6.54 Å². The van der Waals surface area contributed by atoms with Crippen LogP contribution in [0.25, 0.3) is 11.6 Å². The molecule has 0 saturated heterocycles. The summed E-state index contributed by atoms with van der Waals surface area (Å²) in [7, 11) is 3.09. The standard InChI is InChI=1S/C22H19N5O6/c1-31-17-9-8-14(11-19(17)32-2)13-23-22-24-20(18-7-4-10-33-18)25-26(22)21(28)15-5-3-6-16(12-15)27(29)30/h3-12H,13H2,1-2H3,(H,23,24,25). The van der Waals surface area contributed by atoms with Crippen molar-refractivity contribution in [2.24, 2.45) is 0 Å². The molecule has 0 fully saturated rings. The second-order valence-electron chi connectivity index (χ2n) is 6.80. The minimum Gasteiger partial charge on any atom is -0.493 e. The number of hydrogen-bond donors (Lipinski definition) is 1. The number of ether oxygens (including phenoxy) is 2. The van der Waals surface area contributed by atoms with Crippen molar-refractivity contribution in [3.63, 3.8) is 0 Å². The average molecular weight is 449 g/mol. The van der Waals surface area contributed by atoms with E-state index < -0.39 is 10.8 Å². The van der Waals surface area contributed by atoms with Crippen molar-refractivity contribution < 1.29 is 23.6 Å². The predicted octanol–water partition coefficient (Wildman–Crippen LogP) is 3.76. The van der Waals surface area contributed by atoms with E-state index in [1.807, 2.05) is 6.07 Å². The van der Waals surface area contributed by atoms with E-state index in [4.69, 9.17) is 13.9 Å². The summed E-state index contributed by atoms with van der Waals surface area (Å²) >= 11 is 0. The topological polar surface area (TPSA) is 135 Å². The molecule has 0 unspecified atom stereocenters. The van der Waals surface area contributed by atoms with E-state index in [2.05, 4.69) is 15.4 Å². The highest BCUT2D eigenvalue weighted by Crippen LogP contribution is 2.28. The van der Waals surface area contributed by atoms with Crippen LogP contribution in [-0.2, 0) is 6.54 Å². The van der Waals surface area contributed by atoms with Gasteiger partial charge in [0.05, 0.1) is 25.4 Å². The minimum absolute atomic E-state index is 0.0919. The highest BCUT2D eigenvalue weighted by molar-refractivity contribution is 5.97. The lowest BCUT2D eigenvalue weighted by Crippen LogP contribution is -2.17. The molecule has 11 heteroatoms.